The minimum atomic E-state index is -6.20. The summed E-state index contributed by atoms with van der Waals surface area (Å²) in [5.74, 6) is -17.4. The molecule has 2 atom stereocenters. The van der Waals surface area contributed by atoms with E-state index in [9.17, 15) is 62.3 Å². The molecule has 0 saturated heterocycles. The minimum Gasteiger partial charge on any atom is -0.293 e. The van der Waals surface area contributed by atoms with Gasteiger partial charge in [0, 0.05) is 12.8 Å². The summed E-state index contributed by atoms with van der Waals surface area (Å²) in [4.78, 5) is 21.5. The van der Waals surface area contributed by atoms with Crippen molar-refractivity contribution in [2.75, 3.05) is 0 Å². The zero-order valence-corrected chi connectivity index (χ0v) is 10.9. The van der Waals surface area contributed by atoms with E-state index in [1.165, 1.54) is 0 Å². The predicted molar refractivity (Wildman–Crippen MR) is 51.0 cm³/mol. The Labute approximate surface area is 124 Å². The van der Waals surface area contributed by atoms with Crippen LogP contribution in [0.2, 0.25) is 0 Å². The molecule has 0 aromatic rings. The van der Waals surface area contributed by atoms with Crippen LogP contribution < -0.4 is 0 Å². The SMILES string of the molecule is O=C(CCC(=O)C(F)(F)C(F)C(F)(F)F)C(F)(F)C(F)C(F)(F)F. The van der Waals surface area contributed by atoms with Gasteiger partial charge in [-0.05, 0) is 0 Å². The number of hydrogen-bond acceptors (Lipinski definition) is 2. The second kappa shape index (κ2) is 6.78. The highest BCUT2D eigenvalue weighted by Crippen LogP contribution is 2.38. The van der Waals surface area contributed by atoms with Crippen molar-refractivity contribution in [2.24, 2.45) is 0 Å². The first-order valence-electron chi connectivity index (χ1n) is 5.60. The molecule has 0 rings (SSSR count). The number of rotatable bonds is 7. The van der Waals surface area contributed by atoms with Crippen molar-refractivity contribution in [3.8, 4) is 0 Å². The summed E-state index contributed by atoms with van der Waals surface area (Å²) in [6, 6.07) is 0. The maximum Gasteiger partial charge on any atom is 0.426 e. The lowest BCUT2D eigenvalue weighted by atomic mass is 9.99. The maximum absolute atomic E-state index is 12.8. The van der Waals surface area contributed by atoms with Crippen molar-refractivity contribution in [3.05, 3.63) is 0 Å². The van der Waals surface area contributed by atoms with Gasteiger partial charge < -0.3 is 0 Å². The molecule has 0 heterocycles. The second-order valence-electron chi connectivity index (χ2n) is 4.40. The Hall–Kier alpha value is -1.50. The quantitative estimate of drug-likeness (QED) is 0.621. The van der Waals surface area contributed by atoms with E-state index in [-0.39, 0.29) is 0 Å². The molecule has 0 aromatic carbocycles. The summed E-state index contributed by atoms with van der Waals surface area (Å²) in [6.07, 6.45) is -26.7. The average Bonchev–Trinajstić information content (AvgIpc) is 2.40. The van der Waals surface area contributed by atoms with E-state index in [0.29, 0.717) is 0 Å². The Morgan fingerprint density at radius 1 is 0.583 bits per heavy atom. The average molecular weight is 386 g/mol. The van der Waals surface area contributed by atoms with E-state index in [2.05, 4.69) is 0 Å². The molecule has 0 radical (unpaired) electrons. The number of Topliss-reactive ketones (excluding diaryl/α,β-unsaturated/α-hetero) is 2. The van der Waals surface area contributed by atoms with Crippen molar-refractivity contribution in [2.45, 2.75) is 49.4 Å². The van der Waals surface area contributed by atoms with Crippen molar-refractivity contribution in [3.63, 3.8) is 0 Å². The Kier molecular flexibility index (Phi) is 6.36. The van der Waals surface area contributed by atoms with E-state index in [1.807, 2.05) is 0 Å². The highest BCUT2D eigenvalue weighted by molar-refractivity contribution is 5.93. The van der Waals surface area contributed by atoms with E-state index in [0.717, 1.165) is 0 Å². The predicted octanol–water partition coefficient (Wildman–Crippen LogP) is 3.98. The van der Waals surface area contributed by atoms with Gasteiger partial charge in [-0.2, -0.15) is 43.9 Å². The summed E-state index contributed by atoms with van der Waals surface area (Å²) >= 11 is 0. The molecule has 0 aromatic heterocycles. The number of halogens is 12. The fourth-order valence-corrected chi connectivity index (χ4v) is 1.25. The van der Waals surface area contributed by atoms with Crippen molar-refractivity contribution in [1.82, 2.24) is 0 Å². The number of carbonyl (C=O) groups excluding carboxylic acids is 2. The molecule has 0 aliphatic carbocycles. The summed E-state index contributed by atoms with van der Waals surface area (Å²) < 4.78 is 147. The van der Waals surface area contributed by atoms with Gasteiger partial charge in [-0.3, -0.25) is 9.59 Å². The zero-order valence-electron chi connectivity index (χ0n) is 10.9. The van der Waals surface area contributed by atoms with Gasteiger partial charge in [0.2, 0.25) is 11.6 Å². The smallest absolute Gasteiger partial charge is 0.293 e. The summed E-state index contributed by atoms with van der Waals surface area (Å²) in [5.41, 5.74) is 0. The maximum atomic E-state index is 12.8. The van der Waals surface area contributed by atoms with E-state index >= 15 is 0 Å². The normalized spacial score (nSPS) is 16.7. The van der Waals surface area contributed by atoms with E-state index < -0.39 is 60.9 Å². The lowest BCUT2D eigenvalue weighted by molar-refractivity contribution is -0.241. The summed E-state index contributed by atoms with van der Waals surface area (Å²) in [7, 11) is 0. The molecule has 0 spiro atoms. The van der Waals surface area contributed by atoms with Crippen LogP contribution in [0, 0.1) is 0 Å². The van der Waals surface area contributed by atoms with Crippen molar-refractivity contribution >= 4 is 11.6 Å². The molecule has 0 saturated carbocycles. The molecule has 14 heteroatoms. The molecule has 0 aliphatic rings. The molecule has 0 amide bonds. The van der Waals surface area contributed by atoms with Crippen LogP contribution in [0.15, 0.2) is 0 Å². The lowest BCUT2D eigenvalue weighted by Crippen LogP contribution is -2.49. The molecule has 0 fully saturated rings. The first-order valence-corrected chi connectivity index (χ1v) is 5.60. The van der Waals surface area contributed by atoms with Crippen LogP contribution in [0.5, 0.6) is 0 Å². The van der Waals surface area contributed by atoms with Gasteiger partial charge in [0.05, 0.1) is 0 Å². The zero-order chi connectivity index (χ0) is 19.7. The Morgan fingerprint density at radius 3 is 0.958 bits per heavy atom. The molecule has 24 heavy (non-hydrogen) atoms. The van der Waals surface area contributed by atoms with Gasteiger partial charge >= 0.3 is 24.2 Å². The first kappa shape index (κ1) is 22.5. The van der Waals surface area contributed by atoms with Gasteiger partial charge in [0.25, 0.3) is 12.3 Å². The van der Waals surface area contributed by atoms with Crippen molar-refractivity contribution in [1.29, 1.82) is 0 Å². The molecule has 2 nitrogen and oxygen atoms in total. The monoisotopic (exact) mass is 386 g/mol. The molecule has 2 unspecified atom stereocenters. The molecule has 0 aliphatic heterocycles. The number of hydrogen-bond donors (Lipinski definition) is 0. The van der Waals surface area contributed by atoms with Gasteiger partial charge in [-0.1, -0.05) is 0 Å². The number of alkyl halides is 12. The third kappa shape index (κ3) is 5.00. The Morgan fingerprint density at radius 2 is 0.792 bits per heavy atom. The molecular weight excluding hydrogens is 380 g/mol. The molecular formula is C10H6F12O2. The Bertz CT molecular complexity index is 433. The van der Waals surface area contributed by atoms with Crippen LogP contribution in [-0.4, -0.2) is 48.1 Å². The van der Waals surface area contributed by atoms with Crippen LogP contribution in [0.4, 0.5) is 52.7 Å². The molecule has 0 bridgehead atoms. The minimum absolute atomic E-state index is 2.15. The van der Waals surface area contributed by atoms with Gasteiger partial charge in [-0.25, -0.2) is 8.78 Å². The fraction of sp³-hybridized carbons (Fsp3) is 0.800. The highest BCUT2D eigenvalue weighted by atomic mass is 19.4. The van der Waals surface area contributed by atoms with Crippen LogP contribution in [0.25, 0.3) is 0 Å². The van der Waals surface area contributed by atoms with Gasteiger partial charge in [0.15, 0.2) is 0 Å². The fourth-order valence-electron chi connectivity index (χ4n) is 1.25. The standard InChI is InChI=1S/C10H6F12O2/c11-5(9(17,18)19)7(13,14)3(23)1-2-4(24)8(15,16)6(12)10(20,21)22/h5-6H,1-2H2. The van der Waals surface area contributed by atoms with Crippen molar-refractivity contribution < 1.29 is 62.3 Å². The number of ketones is 2. The largest absolute Gasteiger partial charge is 0.426 e. The van der Waals surface area contributed by atoms with Crippen LogP contribution in [0.3, 0.4) is 0 Å². The van der Waals surface area contributed by atoms with Gasteiger partial charge in [-0.15, -0.1) is 0 Å². The van der Waals surface area contributed by atoms with Crippen LogP contribution >= 0.6 is 0 Å². The second-order valence-corrected chi connectivity index (χ2v) is 4.40. The van der Waals surface area contributed by atoms with Crippen LogP contribution in [0.1, 0.15) is 12.8 Å². The third-order valence-corrected chi connectivity index (χ3v) is 2.53. The lowest BCUT2D eigenvalue weighted by Gasteiger charge is -2.23. The molecule has 142 valence electrons. The van der Waals surface area contributed by atoms with Crippen LogP contribution in [-0.2, 0) is 9.59 Å². The van der Waals surface area contributed by atoms with E-state index in [1.54, 1.807) is 0 Å². The highest BCUT2D eigenvalue weighted by Gasteiger charge is 2.62. The summed E-state index contributed by atoms with van der Waals surface area (Å²) in [5, 5.41) is 0. The van der Waals surface area contributed by atoms with Gasteiger partial charge in [0.1, 0.15) is 0 Å². The summed E-state index contributed by atoms with van der Waals surface area (Å²) in [6.45, 7) is 0. The first-order chi connectivity index (χ1) is 10.4. The number of carbonyl (C=O) groups is 2. The topological polar surface area (TPSA) is 34.1 Å². The Balaban J connectivity index is 5.03. The van der Waals surface area contributed by atoms with E-state index in [4.69, 9.17) is 0 Å². The third-order valence-electron chi connectivity index (χ3n) is 2.53. The molecule has 0 N–H and O–H groups in total.